The van der Waals surface area contributed by atoms with Gasteiger partial charge in [0.1, 0.15) is 0 Å². The number of unbranched alkanes of at least 4 members (excludes halogenated alkanes) is 1. The normalized spacial score (nSPS) is 16.6. The fourth-order valence-corrected chi connectivity index (χ4v) is 3.68. The van der Waals surface area contributed by atoms with Gasteiger partial charge in [0.15, 0.2) is 5.96 Å². The van der Waals surface area contributed by atoms with Crippen LogP contribution in [0.5, 0.6) is 0 Å². The highest BCUT2D eigenvalue weighted by Crippen LogP contribution is 2.17. The molecule has 1 atom stereocenters. The van der Waals surface area contributed by atoms with Gasteiger partial charge in [-0.25, -0.2) is 0 Å². The van der Waals surface area contributed by atoms with E-state index in [9.17, 15) is 4.79 Å². The molecule has 30 heavy (non-hydrogen) atoms. The highest BCUT2D eigenvalue weighted by atomic mass is 127. The van der Waals surface area contributed by atoms with Gasteiger partial charge in [0.2, 0.25) is 5.91 Å². The van der Waals surface area contributed by atoms with E-state index in [1.165, 1.54) is 11.1 Å². The maximum Gasteiger partial charge on any atom is 0.220 e. The Labute approximate surface area is 199 Å². The van der Waals surface area contributed by atoms with Crippen molar-refractivity contribution >= 4 is 35.8 Å². The van der Waals surface area contributed by atoms with E-state index in [2.05, 4.69) is 60.6 Å². The number of nitrogens with two attached hydrogens (primary N) is 1. The summed E-state index contributed by atoms with van der Waals surface area (Å²) in [6, 6.07) is 8.72. The van der Waals surface area contributed by atoms with E-state index >= 15 is 0 Å². The number of guanidine groups is 1. The SMILES string of the molecule is CCNC(=NCC(C)c1ccc(C)cc1)NCCCCN1CCC(C(N)=O)CC1.I. The summed E-state index contributed by atoms with van der Waals surface area (Å²) in [6.45, 7) is 12.0. The fourth-order valence-electron chi connectivity index (χ4n) is 3.68. The molecule has 0 saturated carbocycles. The predicted octanol–water partition coefficient (Wildman–Crippen LogP) is 3.25. The van der Waals surface area contributed by atoms with Crippen LogP contribution in [0.2, 0.25) is 0 Å². The lowest BCUT2D eigenvalue weighted by Gasteiger charge is -2.30. The number of hydrogen-bond acceptors (Lipinski definition) is 3. The van der Waals surface area contributed by atoms with Crippen molar-refractivity contribution in [2.75, 3.05) is 39.3 Å². The molecular weight excluding hydrogens is 489 g/mol. The van der Waals surface area contributed by atoms with Gasteiger partial charge < -0.3 is 21.3 Å². The number of nitrogens with zero attached hydrogens (tertiary/aromatic N) is 2. The highest BCUT2D eigenvalue weighted by Gasteiger charge is 2.22. The third kappa shape index (κ3) is 9.64. The summed E-state index contributed by atoms with van der Waals surface area (Å²) < 4.78 is 0. The summed E-state index contributed by atoms with van der Waals surface area (Å²) in [5, 5.41) is 6.79. The molecule has 1 aromatic carbocycles. The molecule has 0 aliphatic carbocycles. The maximum atomic E-state index is 11.2. The summed E-state index contributed by atoms with van der Waals surface area (Å²) in [6.07, 6.45) is 4.06. The van der Waals surface area contributed by atoms with Crippen molar-refractivity contribution in [3.05, 3.63) is 35.4 Å². The van der Waals surface area contributed by atoms with E-state index in [-0.39, 0.29) is 35.8 Å². The number of piperidine rings is 1. The Hall–Kier alpha value is -1.35. The molecule has 1 saturated heterocycles. The van der Waals surface area contributed by atoms with Gasteiger partial charge in [-0.2, -0.15) is 0 Å². The Morgan fingerprint density at radius 2 is 1.87 bits per heavy atom. The fraction of sp³-hybridized carbons (Fsp3) is 0.652. The van der Waals surface area contributed by atoms with Crippen molar-refractivity contribution in [1.29, 1.82) is 0 Å². The van der Waals surface area contributed by atoms with Crippen LogP contribution < -0.4 is 16.4 Å². The minimum atomic E-state index is -0.138. The number of amides is 1. The van der Waals surface area contributed by atoms with Crippen molar-refractivity contribution < 1.29 is 4.79 Å². The van der Waals surface area contributed by atoms with Gasteiger partial charge in [-0.15, -0.1) is 24.0 Å². The Kier molecular flexibility index (Phi) is 13.0. The van der Waals surface area contributed by atoms with Crippen molar-refractivity contribution in [3.63, 3.8) is 0 Å². The van der Waals surface area contributed by atoms with Gasteiger partial charge in [-0.05, 0) is 64.7 Å². The van der Waals surface area contributed by atoms with Gasteiger partial charge in [0.25, 0.3) is 0 Å². The van der Waals surface area contributed by atoms with Crippen LogP contribution in [0.3, 0.4) is 0 Å². The lowest BCUT2D eigenvalue weighted by atomic mass is 9.96. The summed E-state index contributed by atoms with van der Waals surface area (Å²) in [7, 11) is 0. The van der Waals surface area contributed by atoms with Gasteiger partial charge in [-0.3, -0.25) is 9.79 Å². The molecule has 1 amide bonds. The average molecular weight is 530 g/mol. The molecule has 2 rings (SSSR count). The molecule has 4 N–H and O–H groups in total. The summed E-state index contributed by atoms with van der Waals surface area (Å²) in [5.41, 5.74) is 8.02. The Balaban J connectivity index is 0.00000450. The Morgan fingerprint density at radius 1 is 1.20 bits per heavy atom. The van der Waals surface area contributed by atoms with Gasteiger partial charge in [-0.1, -0.05) is 36.8 Å². The standard InChI is InChI=1S/C23H39N5O.HI/c1-4-25-23(27-17-19(3)20-9-7-18(2)8-10-20)26-13-5-6-14-28-15-11-21(12-16-28)22(24)29;/h7-10,19,21H,4-6,11-17H2,1-3H3,(H2,24,29)(H2,25,26,27);1H. The second-order valence-corrected chi connectivity index (χ2v) is 8.18. The molecule has 1 aliphatic heterocycles. The molecule has 170 valence electrons. The van der Waals surface area contributed by atoms with Crippen LogP contribution in [-0.4, -0.2) is 56.0 Å². The van der Waals surface area contributed by atoms with E-state index in [0.29, 0.717) is 5.92 Å². The molecule has 1 fully saturated rings. The molecule has 1 heterocycles. The van der Waals surface area contributed by atoms with Crippen molar-refractivity contribution in [2.24, 2.45) is 16.6 Å². The molecule has 1 unspecified atom stereocenters. The zero-order valence-electron chi connectivity index (χ0n) is 18.8. The number of nitrogens with one attached hydrogen (secondary N) is 2. The number of likely N-dealkylation sites (tertiary alicyclic amines) is 1. The number of aliphatic imine (C=N–C) groups is 1. The lowest BCUT2D eigenvalue weighted by Crippen LogP contribution is -2.39. The molecule has 0 aromatic heterocycles. The summed E-state index contributed by atoms with van der Waals surface area (Å²) in [4.78, 5) is 18.5. The van der Waals surface area contributed by atoms with E-state index in [0.717, 1.165) is 70.9 Å². The number of rotatable bonds is 10. The number of carbonyl (C=O) groups is 1. The zero-order chi connectivity index (χ0) is 21.1. The smallest absolute Gasteiger partial charge is 0.220 e. The average Bonchev–Trinajstić information content (AvgIpc) is 2.72. The molecule has 0 bridgehead atoms. The van der Waals surface area contributed by atoms with Gasteiger partial charge in [0, 0.05) is 31.5 Å². The van der Waals surface area contributed by atoms with Crippen LogP contribution in [0.1, 0.15) is 56.6 Å². The highest BCUT2D eigenvalue weighted by molar-refractivity contribution is 14.0. The first-order chi connectivity index (χ1) is 14.0. The molecule has 0 spiro atoms. The second-order valence-electron chi connectivity index (χ2n) is 8.18. The lowest BCUT2D eigenvalue weighted by molar-refractivity contribution is -0.123. The van der Waals surface area contributed by atoms with E-state index in [1.807, 2.05) is 0 Å². The monoisotopic (exact) mass is 529 g/mol. The number of aryl methyl sites for hydroxylation is 1. The Morgan fingerprint density at radius 3 is 2.47 bits per heavy atom. The maximum absolute atomic E-state index is 11.2. The molecule has 7 heteroatoms. The van der Waals surface area contributed by atoms with E-state index in [1.54, 1.807) is 0 Å². The number of primary amides is 1. The first kappa shape index (κ1) is 26.7. The van der Waals surface area contributed by atoms with E-state index < -0.39 is 0 Å². The molecule has 6 nitrogen and oxygen atoms in total. The minimum absolute atomic E-state index is 0. The largest absolute Gasteiger partial charge is 0.369 e. The van der Waals surface area contributed by atoms with Crippen molar-refractivity contribution in [1.82, 2.24) is 15.5 Å². The van der Waals surface area contributed by atoms with Gasteiger partial charge in [0.05, 0.1) is 0 Å². The zero-order valence-corrected chi connectivity index (χ0v) is 21.2. The number of carbonyl (C=O) groups excluding carboxylic acids is 1. The van der Waals surface area contributed by atoms with Crippen LogP contribution in [0, 0.1) is 12.8 Å². The quantitative estimate of drug-likeness (QED) is 0.188. The minimum Gasteiger partial charge on any atom is -0.369 e. The van der Waals surface area contributed by atoms with Crippen molar-refractivity contribution in [3.8, 4) is 0 Å². The molecule has 1 aliphatic rings. The van der Waals surface area contributed by atoms with Crippen molar-refractivity contribution in [2.45, 2.75) is 52.4 Å². The van der Waals surface area contributed by atoms with Crippen LogP contribution in [0.15, 0.2) is 29.3 Å². The van der Waals surface area contributed by atoms with Crippen LogP contribution >= 0.6 is 24.0 Å². The van der Waals surface area contributed by atoms with Crippen LogP contribution in [-0.2, 0) is 4.79 Å². The summed E-state index contributed by atoms with van der Waals surface area (Å²) >= 11 is 0. The topological polar surface area (TPSA) is 82.8 Å². The molecular formula is C23H40IN5O. The number of hydrogen-bond donors (Lipinski definition) is 3. The third-order valence-corrected chi connectivity index (χ3v) is 5.70. The second kappa shape index (κ2) is 14.6. The number of benzene rings is 1. The van der Waals surface area contributed by atoms with Crippen LogP contribution in [0.25, 0.3) is 0 Å². The Bertz CT molecular complexity index is 641. The number of halogens is 1. The first-order valence-electron chi connectivity index (χ1n) is 11.1. The van der Waals surface area contributed by atoms with Crippen LogP contribution in [0.4, 0.5) is 0 Å². The predicted molar refractivity (Wildman–Crippen MR) is 137 cm³/mol. The summed E-state index contributed by atoms with van der Waals surface area (Å²) in [5.74, 6) is 1.23. The first-order valence-corrected chi connectivity index (χ1v) is 11.1. The van der Waals surface area contributed by atoms with Gasteiger partial charge >= 0.3 is 0 Å². The molecule has 1 aromatic rings. The third-order valence-electron chi connectivity index (χ3n) is 5.70. The van der Waals surface area contributed by atoms with E-state index in [4.69, 9.17) is 10.7 Å². The molecule has 0 radical (unpaired) electrons.